The maximum Gasteiger partial charge on any atom is 0.238 e. The topological polar surface area (TPSA) is 114 Å². The molecule has 0 unspecified atom stereocenters. The third-order valence-electron chi connectivity index (χ3n) is 3.63. The third-order valence-corrected chi connectivity index (χ3v) is 4.56. The molecule has 0 saturated heterocycles. The lowest BCUT2D eigenvalue weighted by molar-refractivity contribution is 0.306. The van der Waals surface area contributed by atoms with Crippen LogP contribution in [0.5, 0.6) is 11.5 Å². The highest BCUT2D eigenvalue weighted by Gasteiger charge is 2.07. The van der Waals surface area contributed by atoms with Gasteiger partial charge in [-0.25, -0.2) is 13.6 Å². The minimum absolute atomic E-state index is 0.0133. The Bertz CT molecular complexity index is 1050. The van der Waals surface area contributed by atoms with Crippen molar-refractivity contribution in [2.24, 2.45) is 15.4 Å². The number of azo groups is 1. The van der Waals surface area contributed by atoms with Gasteiger partial charge in [0, 0.05) is 6.07 Å². The molecule has 0 heterocycles. The van der Waals surface area contributed by atoms with Crippen molar-refractivity contribution in [2.45, 2.75) is 11.5 Å². The van der Waals surface area contributed by atoms with E-state index in [1.165, 1.54) is 30.3 Å². The number of primary sulfonamides is 1. The zero-order valence-electron chi connectivity index (χ0n) is 14.2. The summed E-state index contributed by atoms with van der Waals surface area (Å²) in [6.07, 6.45) is 0. The Balaban J connectivity index is 1.73. The molecule has 0 bridgehead atoms. The summed E-state index contributed by atoms with van der Waals surface area (Å²) >= 11 is 0. The van der Waals surface area contributed by atoms with E-state index in [9.17, 15) is 13.5 Å². The quantitative estimate of drug-likeness (QED) is 0.625. The van der Waals surface area contributed by atoms with E-state index in [-0.39, 0.29) is 16.3 Å². The summed E-state index contributed by atoms with van der Waals surface area (Å²) in [5, 5.41) is 23.0. The summed E-state index contributed by atoms with van der Waals surface area (Å²) in [5.74, 6) is 0.488. The molecule has 0 amide bonds. The van der Waals surface area contributed by atoms with E-state index < -0.39 is 10.0 Å². The Morgan fingerprint density at radius 1 is 0.926 bits per heavy atom. The van der Waals surface area contributed by atoms with Crippen LogP contribution in [0.3, 0.4) is 0 Å². The predicted octanol–water partition coefficient (Wildman–Crippen LogP) is 4.03. The lowest BCUT2D eigenvalue weighted by Crippen LogP contribution is -2.11. The second-order valence-corrected chi connectivity index (χ2v) is 7.23. The van der Waals surface area contributed by atoms with Gasteiger partial charge in [0.15, 0.2) is 0 Å². The molecule has 0 saturated carbocycles. The zero-order chi connectivity index (χ0) is 19.3. The molecule has 0 radical (unpaired) electrons. The summed E-state index contributed by atoms with van der Waals surface area (Å²) in [5.41, 5.74) is 1.66. The first-order valence-corrected chi connectivity index (χ1v) is 9.51. The number of aromatic hydroxyl groups is 1. The largest absolute Gasteiger partial charge is 0.506 e. The van der Waals surface area contributed by atoms with Crippen LogP contribution in [0.4, 0.5) is 11.4 Å². The molecule has 0 fully saturated rings. The lowest BCUT2D eigenvalue weighted by Gasteiger charge is -2.07. The summed E-state index contributed by atoms with van der Waals surface area (Å²) in [6, 6.07) is 20.0. The summed E-state index contributed by atoms with van der Waals surface area (Å²) in [7, 11) is -3.76. The van der Waals surface area contributed by atoms with E-state index in [0.717, 1.165) is 5.56 Å². The number of sulfonamides is 1. The van der Waals surface area contributed by atoms with Gasteiger partial charge in [-0.1, -0.05) is 30.3 Å². The van der Waals surface area contributed by atoms with Crippen molar-refractivity contribution in [2.75, 3.05) is 0 Å². The average Bonchev–Trinajstić information content (AvgIpc) is 2.67. The summed E-state index contributed by atoms with van der Waals surface area (Å²) in [4.78, 5) is -0.0133. The minimum atomic E-state index is -3.76. The Hall–Kier alpha value is -3.23. The Morgan fingerprint density at radius 2 is 1.63 bits per heavy atom. The van der Waals surface area contributed by atoms with Crippen molar-refractivity contribution in [3.05, 3.63) is 78.4 Å². The smallest absolute Gasteiger partial charge is 0.238 e. The maximum atomic E-state index is 11.2. The molecule has 0 aliphatic rings. The van der Waals surface area contributed by atoms with E-state index >= 15 is 0 Å². The van der Waals surface area contributed by atoms with Gasteiger partial charge in [0.05, 0.1) is 10.6 Å². The highest BCUT2D eigenvalue weighted by atomic mass is 32.2. The van der Waals surface area contributed by atoms with Gasteiger partial charge in [0.25, 0.3) is 0 Å². The van der Waals surface area contributed by atoms with Crippen LogP contribution in [-0.4, -0.2) is 13.5 Å². The Labute approximate surface area is 156 Å². The van der Waals surface area contributed by atoms with Crippen LogP contribution in [0.25, 0.3) is 0 Å². The molecule has 0 aromatic heterocycles. The van der Waals surface area contributed by atoms with Crippen LogP contribution in [0, 0.1) is 0 Å². The van der Waals surface area contributed by atoms with Gasteiger partial charge < -0.3 is 9.84 Å². The molecule has 3 rings (SSSR count). The normalized spacial score (nSPS) is 11.6. The fourth-order valence-electron chi connectivity index (χ4n) is 2.23. The summed E-state index contributed by atoms with van der Waals surface area (Å²) < 4.78 is 28.2. The van der Waals surface area contributed by atoms with Gasteiger partial charge >= 0.3 is 0 Å². The number of hydrogen-bond acceptors (Lipinski definition) is 6. The number of phenolic OH excluding ortho intramolecular Hbond substituents is 1. The third kappa shape index (κ3) is 5.13. The van der Waals surface area contributed by atoms with Crippen LogP contribution in [0.1, 0.15) is 5.56 Å². The van der Waals surface area contributed by atoms with Gasteiger partial charge in [-0.2, -0.15) is 5.11 Å². The first-order valence-electron chi connectivity index (χ1n) is 7.96. The highest BCUT2D eigenvalue weighted by Crippen LogP contribution is 2.32. The van der Waals surface area contributed by atoms with Crippen LogP contribution in [-0.2, 0) is 16.6 Å². The van der Waals surface area contributed by atoms with Gasteiger partial charge in [-0.3, -0.25) is 0 Å². The molecule has 8 heteroatoms. The fraction of sp³-hybridized carbons (Fsp3) is 0.0526. The van der Waals surface area contributed by atoms with Gasteiger partial charge in [-0.15, -0.1) is 5.11 Å². The average molecular weight is 383 g/mol. The van der Waals surface area contributed by atoms with Crippen molar-refractivity contribution in [1.82, 2.24) is 0 Å². The van der Waals surface area contributed by atoms with Crippen molar-refractivity contribution >= 4 is 21.4 Å². The van der Waals surface area contributed by atoms with E-state index in [4.69, 9.17) is 9.88 Å². The predicted molar refractivity (Wildman–Crippen MR) is 101 cm³/mol. The van der Waals surface area contributed by atoms with Gasteiger partial charge in [0.1, 0.15) is 23.8 Å². The fourth-order valence-corrected chi connectivity index (χ4v) is 2.74. The maximum absolute atomic E-state index is 11.2. The molecular weight excluding hydrogens is 366 g/mol. The number of phenols is 1. The van der Waals surface area contributed by atoms with Crippen molar-refractivity contribution in [3.8, 4) is 11.5 Å². The van der Waals surface area contributed by atoms with Crippen LogP contribution < -0.4 is 9.88 Å². The monoisotopic (exact) mass is 383 g/mol. The second-order valence-electron chi connectivity index (χ2n) is 5.66. The van der Waals surface area contributed by atoms with Crippen molar-refractivity contribution < 1.29 is 18.3 Å². The standard InChI is InChI=1S/C19H17N3O4S/c20-27(24,25)17-9-6-15(7-10-17)21-22-18-12-16(8-11-19(18)23)26-13-14-4-2-1-3-5-14/h1-12,23H,13H2,(H2,20,24,25). The molecule has 7 nitrogen and oxygen atoms in total. The van der Waals surface area contributed by atoms with Crippen LogP contribution in [0.15, 0.2) is 87.9 Å². The Kier molecular flexibility index (Phi) is 5.49. The minimum Gasteiger partial charge on any atom is -0.506 e. The molecule has 27 heavy (non-hydrogen) atoms. The summed E-state index contributed by atoms with van der Waals surface area (Å²) in [6.45, 7) is 0.386. The SMILES string of the molecule is NS(=O)(=O)c1ccc(N=Nc2cc(OCc3ccccc3)ccc2O)cc1. The second kappa shape index (κ2) is 7.98. The number of benzene rings is 3. The van der Waals surface area contributed by atoms with Gasteiger partial charge in [-0.05, 0) is 42.0 Å². The number of nitrogens with zero attached hydrogens (tertiary/aromatic N) is 2. The number of hydrogen-bond donors (Lipinski definition) is 2. The first-order chi connectivity index (χ1) is 12.9. The molecule has 138 valence electrons. The first kappa shape index (κ1) is 18.6. The number of ether oxygens (including phenoxy) is 1. The van der Waals surface area contributed by atoms with Gasteiger partial charge in [0.2, 0.25) is 10.0 Å². The van der Waals surface area contributed by atoms with Crippen molar-refractivity contribution in [3.63, 3.8) is 0 Å². The van der Waals surface area contributed by atoms with Crippen molar-refractivity contribution in [1.29, 1.82) is 0 Å². The molecule has 0 atom stereocenters. The van der Waals surface area contributed by atoms with Crippen LogP contribution in [0.2, 0.25) is 0 Å². The number of nitrogens with two attached hydrogens (primary N) is 1. The molecule has 3 N–H and O–H groups in total. The Morgan fingerprint density at radius 3 is 2.30 bits per heavy atom. The number of rotatable bonds is 6. The van der Waals surface area contributed by atoms with E-state index in [0.29, 0.717) is 18.0 Å². The lowest BCUT2D eigenvalue weighted by atomic mass is 10.2. The highest BCUT2D eigenvalue weighted by molar-refractivity contribution is 7.89. The van der Waals surface area contributed by atoms with E-state index in [1.54, 1.807) is 12.1 Å². The van der Waals surface area contributed by atoms with E-state index in [1.807, 2.05) is 30.3 Å². The molecule has 3 aromatic rings. The van der Waals surface area contributed by atoms with E-state index in [2.05, 4.69) is 10.2 Å². The molecule has 0 spiro atoms. The molecule has 3 aromatic carbocycles. The molecular formula is C19H17N3O4S. The molecule has 0 aliphatic heterocycles. The van der Waals surface area contributed by atoms with Crippen LogP contribution >= 0.6 is 0 Å². The zero-order valence-corrected chi connectivity index (χ0v) is 15.0. The molecule has 0 aliphatic carbocycles.